The van der Waals surface area contributed by atoms with E-state index in [9.17, 15) is 4.79 Å². The molecular formula is C19H18N4OS2. The minimum atomic E-state index is 0.0126. The summed E-state index contributed by atoms with van der Waals surface area (Å²) in [6.45, 7) is 4.05. The van der Waals surface area contributed by atoms with Gasteiger partial charge in [-0.2, -0.15) is 5.10 Å². The molecule has 5 nitrogen and oxygen atoms in total. The second kappa shape index (κ2) is 6.74. The predicted molar refractivity (Wildman–Crippen MR) is 107 cm³/mol. The monoisotopic (exact) mass is 382 g/mol. The Morgan fingerprint density at radius 1 is 1.15 bits per heavy atom. The van der Waals surface area contributed by atoms with Crippen LogP contribution >= 0.6 is 23.1 Å². The maximum Gasteiger partial charge on any atom is 0.262 e. The zero-order chi connectivity index (χ0) is 18.3. The molecule has 0 atom stereocenters. The summed E-state index contributed by atoms with van der Waals surface area (Å²) in [5, 5.41) is 7.86. The molecule has 3 heterocycles. The molecule has 0 saturated carbocycles. The van der Waals surface area contributed by atoms with Gasteiger partial charge in [-0.05, 0) is 49.1 Å². The maximum atomic E-state index is 12.4. The van der Waals surface area contributed by atoms with E-state index in [0.29, 0.717) is 5.39 Å². The Balaban J connectivity index is 1.54. The van der Waals surface area contributed by atoms with Crippen molar-refractivity contribution in [1.29, 1.82) is 0 Å². The van der Waals surface area contributed by atoms with Crippen LogP contribution in [0.2, 0.25) is 0 Å². The number of thiophene rings is 1. The van der Waals surface area contributed by atoms with Crippen molar-refractivity contribution in [1.82, 2.24) is 19.3 Å². The number of nitrogens with zero attached hydrogens (tertiary/aromatic N) is 4. The zero-order valence-corrected chi connectivity index (χ0v) is 16.4. The number of thioether (sulfide) groups is 1. The van der Waals surface area contributed by atoms with Crippen molar-refractivity contribution in [3.05, 3.63) is 69.1 Å². The van der Waals surface area contributed by atoms with Crippen LogP contribution in [0.5, 0.6) is 0 Å². The van der Waals surface area contributed by atoms with E-state index in [4.69, 9.17) is 0 Å². The normalized spacial score (nSPS) is 11.3. The van der Waals surface area contributed by atoms with Crippen LogP contribution in [0.15, 0.2) is 51.7 Å². The quantitative estimate of drug-likeness (QED) is 0.394. The summed E-state index contributed by atoms with van der Waals surface area (Å²) in [7, 11) is 1.78. The lowest BCUT2D eigenvalue weighted by Gasteiger charge is -2.08. The SMILES string of the molecule is Cc1cc(C)n(-c2ccc(CSc3nc4sccc4c(=O)n3C)cc2)n1. The highest BCUT2D eigenvalue weighted by atomic mass is 32.2. The molecule has 7 heteroatoms. The van der Waals surface area contributed by atoms with Gasteiger partial charge in [0.2, 0.25) is 0 Å². The Morgan fingerprint density at radius 2 is 1.92 bits per heavy atom. The third-order valence-electron chi connectivity index (χ3n) is 4.22. The summed E-state index contributed by atoms with van der Waals surface area (Å²) >= 11 is 3.08. The molecule has 0 bridgehead atoms. The third kappa shape index (κ3) is 3.08. The fourth-order valence-electron chi connectivity index (χ4n) is 2.88. The molecule has 4 rings (SSSR count). The Labute approximate surface area is 159 Å². The number of rotatable bonds is 4. The zero-order valence-electron chi connectivity index (χ0n) is 14.8. The number of aromatic nitrogens is 4. The summed E-state index contributed by atoms with van der Waals surface area (Å²) in [4.78, 5) is 17.8. The number of hydrogen-bond acceptors (Lipinski definition) is 5. The standard InChI is InChI=1S/C19H18N4OS2/c1-12-10-13(2)23(21-12)15-6-4-14(5-7-15)11-26-19-20-17-16(8-9-25-17)18(24)22(19)3/h4-10H,11H2,1-3H3. The molecule has 0 aliphatic heterocycles. The molecule has 0 fully saturated rings. The highest BCUT2D eigenvalue weighted by Gasteiger charge is 2.10. The number of aryl methyl sites for hydroxylation is 2. The molecule has 0 unspecified atom stereocenters. The van der Waals surface area contributed by atoms with Crippen molar-refractivity contribution >= 4 is 33.3 Å². The van der Waals surface area contributed by atoms with Gasteiger partial charge in [0.25, 0.3) is 5.56 Å². The minimum absolute atomic E-state index is 0.0126. The molecule has 132 valence electrons. The van der Waals surface area contributed by atoms with E-state index in [1.165, 1.54) is 16.9 Å². The van der Waals surface area contributed by atoms with E-state index >= 15 is 0 Å². The van der Waals surface area contributed by atoms with Crippen LogP contribution in [-0.4, -0.2) is 19.3 Å². The second-order valence-corrected chi connectivity index (χ2v) is 8.03. The molecule has 0 radical (unpaired) electrons. The number of hydrogen-bond donors (Lipinski definition) is 0. The van der Waals surface area contributed by atoms with Crippen LogP contribution in [0.4, 0.5) is 0 Å². The highest BCUT2D eigenvalue weighted by molar-refractivity contribution is 7.98. The smallest absolute Gasteiger partial charge is 0.262 e. The number of benzene rings is 1. The molecule has 1 aromatic carbocycles. The van der Waals surface area contributed by atoms with Crippen LogP contribution in [0.1, 0.15) is 17.0 Å². The van der Waals surface area contributed by atoms with Crippen LogP contribution < -0.4 is 5.56 Å². The average Bonchev–Trinajstić information content (AvgIpc) is 3.23. The van der Waals surface area contributed by atoms with E-state index < -0.39 is 0 Å². The van der Waals surface area contributed by atoms with Crippen LogP contribution in [0, 0.1) is 13.8 Å². The van der Waals surface area contributed by atoms with E-state index in [1.807, 2.05) is 23.1 Å². The van der Waals surface area contributed by atoms with Crippen molar-refractivity contribution in [3.63, 3.8) is 0 Å². The first kappa shape index (κ1) is 17.1. The Kier molecular flexibility index (Phi) is 4.42. The van der Waals surface area contributed by atoms with Crippen molar-refractivity contribution in [2.45, 2.75) is 24.8 Å². The fraction of sp³-hybridized carbons (Fsp3) is 0.211. The van der Waals surface area contributed by atoms with Crippen molar-refractivity contribution in [2.24, 2.45) is 7.05 Å². The summed E-state index contributed by atoms with van der Waals surface area (Å²) in [6, 6.07) is 12.2. The van der Waals surface area contributed by atoms with E-state index in [2.05, 4.69) is 47.3 Å². The lowest BCUT2D eigenvalue weighted by Crippen LogP contribution is -2.19. The summed E-state index contributed by atoms with van der Waals surface area (Å²) in [5.41, 5.74) is 4.38. The van der Waals surface area contributed by atoms with Gasteiger partial charge in [-0.15, -0.1) is 11.3 Å². The minimum Gasteiger partial charge on any atom is -0.290 e. The van der Waals surface area contributed by atoms with Crippen molar-refractivity contribution in [2.75, 3.05) is 0 Å². The van der Waals surface area contributed by atoms with Gasteiger partial charge in [0.05, 0.1) is 16.8 Å². The highest BCUT2D eigenvalue weighted by Crippen LogP contribution is 2.24. The van der Waals surface area contributed by atoms with Gasteiger partial charge in [0, 0.05) is 18.5 Å². The van der Waals surface area contributed by atoms with E-state index in [1.54, 1.807) is 23.4 Å². The molecular weight excluding hydrogens is 364 g/mol. The third-order valence-corrected chi connectivity index (χ3v) is 6.13. The molecule has 0 saturated heterocycles. The fourth-order valence-corrected chi connectivity index (χ4v) is 4.61. The lowest BCUT2D eigenvalue weighted by atomic mass is 10.2. The van der Waals surface area contributed by atoms with Gasteiger partial charge in [-0.1, -0.05) is 23.9 Å². The van der Waals surface area contributed by atoms with Gasteiger partial charge in [-0.25, -0.2) is 9.67 Å². The van der Waals surface area contributed by atoms with E-state index in [0.717, 1.165) is 32.8 Å². The molecule has 0 amide bonds. The van der Waals surface area contributed by atoms with Crippen molar-refractivity contribution < 1.29 is 0 Å². The predicted octanol–water partition coefficient (Wildman–Crippen LogP) is 4.09. The second-order valence-electron chi connectivity index (χ2n) is 6.19. The van der Waals surface area contributed by atoms with Gasteiger partial charge in [0.1, 0.15) is 4.83 Å². The molecule has 4 aromatic rings. The summed E-state index contributed by atoms with van der Waals surface area (Å²) < 4.78 is 3.58. The van der Waals surface area contributed by atoms with Crippen LogP contribution in [0.3, 0.4) is 0 Å². The van der Waals surface area contributed by atoms with E-state index in [-0.39, 0.29) is 5.56 Å². The van der Waals surface area contributed by atoms with Gasteiger partial charge >= 0.3 is 0 Å². The lowest BCUT2D eigenvalue weighted by molar-refractivity contribution is 0.728. The number of fused-ring (bicyclic) bond motifs is 1. The molecule has 0 aliphatic rings. The molecule has 3 aromatic heterocycles. The van der Waals surface area contributed by atoms with Gasteiger partial charge < -0.3 is 0 Å². The summed E-state index contributed by atoms with van der Waals surface area (Å²) in [6.07, 6.45) is 0. The van der Waals surface area contributed by atoms with Crippen LogP contribution in [-0.2, 0) is 12.8 Å². The Morgan fingerprint density at radius 3 is 2.62 bits per heavy atom. The average molecular weight is 383 g/mol. The molecule has 0 aliphatic carbocycles. The molecule has 26 heavy (non-hydrogen) atoms. The summed E-state index contributed by atoms with van der Waals surface area (Å²) in [5.74, 6) is 0.758. The molecule has 0 spiro atoms. The van der Waals surface area contributed by atoms with Gasteiger partial charge in [0.15, 0.2) is 5.16 Å². The maximum absolute atomic E-state index is 12.4. The Bertz CT molecular complexity index is 1140. The molecule has 0 N–H and O–H groups in total. The van der Waals surface area contributed by atoms with Crippen LogP contribution in [0.25, 0.3) is 15.9 Å². The largest absolute Gasteiger partial charge is 0.290 e. The first-order valence-electron chi connectivity index (χ1n) is 8.22. The topological polar surface area (TPSA) is 52.7 Å². The first-order valence-corrected chi connectivity index (χ1v) is 10.1. The first-order chi connectivity index (χ1) is 12.5. The Hall–Kier alpha value is -2.38. The van der Waals surface area contributed by atoms with Gasteiger partial charge in [-0.3, -0.25) is 9.36 Å². The van der Waals surface area contributed by atoms with Crippen molar-refractivity contribution in [3.8, 4) is 5.69 Å².